The molecule has 0 saturated heterocycles. The molecule has 1 aromatic heterocycles. The smallest absolute Gasteiger partial charge is 0.322 e. The van der Waals surface area contributed by atoms with Crippen LogP contribution in [0.15, 0.2) is 6.20 Å². The molecular weight excluding hydrogens is 264 g/mol. The van der Waals surface area contributed by atoms with Crippen LogP contribution in [0.5, 0.6) is 0 Å². The lowest BCUT2D eigenvalue weighted by Gasteiger charge is -2.08. The number of aliphatic carboxylic acids is 1. The second kappa shape index (κ2) is 5.69. The highest BCUT2D eigenvalue weighted by molar-refractivity contribution is 7.85. The summed E-state index contributed by atoms with van der Waals surface area (Å²) >= 11 is 0. The van der Waals surface area contributed by atoms with Gasteiger partial charge in [-0.2, -0.15) is 13.5 Å². The van der Waals surface area contributed by atoms with Crippen LogP contribution in [0, 0.1) is 0 Å². The molecule has 0 unspecified atom stereocenters. The van der Waals surface area contributed by atoms with Crippen molar-refractivity contribution in [3.05, 3.63) is 6.20 Å². The minimum Gasteiger partial charge on any atom is -0.480 e. The summed E-state index contributed by atoms with van der Waals surface area (Å²) in [6.07, 6.45) is 1.47. The van der Waals surface area contributed by atoms with Crippen LogP contribution >= 0.6 is 0 Å². The van der Waals surface area contributed by atoms with Gasteiger partial charge in [0.15, 0.2) is 0 Å². The van der Waals surface area contributed by atoms with Crippen LogP contribution in [0.1, 0.15) is 6.42 Å². The Labute approximate surface area is 103 Å². The van der Waals surface area contributed by atoms with Crippen LogP contribution in [0.2, 0.25) is 0 Å². The van der Waals surface area contributed by atoms with Gasteiger partial charge < -0.3 is 16.2 Å². The largest absolute Gasteiger partial charge is 0.480 e. The van der Waals surface area contributed by atoms with Crippen molar-refractivity contribution in [1.82, 2.24) is 9.78 Å². The van der Waals surface area contributed by atoms with Gasteiger partial charge in [0.2, 0.25) is 0 Å². The number of carbonyl (C=O) groups is 1. The molecule has 0 fully saturated rings. The Morgan fingerprint density at radius 2 is 2.22 bits per heavy atom. The number of carboxylic acid groups (broad SMARTS) is 1. The van der Waals surface area contributed by atoms with Gasteiger partial charge in [0, 0.05) is 6.54 Å². The highest BCUT2D eigenvalue weighted by Gasteiger charge is 2.10. The van der Waals surface area contributed by atoms with E-state index in [2.05, 4.69) is 10.4 Å². The molecule has 10 heteroatoms. The molecule has 102 valence electrons. The Hall–Kier alpha value is -1.81. The lowest BCUT2D eigenvalue weighted by atomic mass is 10.4. The molecule has 0 aliphatic carbocycles. The average molecular weight is 278 g/mol. The molecule has 0 aliphatic rings. The zero-order chi connectivity index (χ0) is 13.8. The van der Waals surface area contributed by atoms with Crippen LogP contribution in [0.3, 0.4) is 0 Å². The van der Waals surface area contributed by atoms with E-state index < -0.39 is 21.8 Å². The first-order valence-electron chi connectivity index (χ1n) is 5.01. The Kier molecular flexibility index (Phi) is 4.50. The van der Waals surface area contributed by atoms with E-state index >= 15 is 0 Å². The topological polar surface area (TPSA) is 148 Å². The van der Waals surface area contributed by atoms with Gasteiger partial charge in [0.05, 0.1) is 17.6 Å². The predicted molar refractivity (Wildman–Crippen MR) is 63.8 cm³/mol. The van der Waals surface area contributed by atoms with E-state index in [9.17, 15) is 13.2 Å². The fraction of sp³-hybridized carbons (Fsp3) is 0.500. The maximum Gasteiger partial charge on any atom is 0.322 e. The highest BCUT2D eigenvalue weighted by atomic mass is 32.2. The number of hydrogen-bond acceptors (Lipinski definition) is 6. The summed E-state index contributed by atoms with van der Waals surface area (Å²) in [5.41, 5.74) is 5.85. The molecule has 1 aromatic rings. The van der Waals surface area contributed by atoms with Crippen LogP contribution < -0.4 is 11.1 Å². The van der Waals surface area contributed by atoms with Crippen molar-refractivity contribution in [2.75, 3.05) is 23.3 Å². The van der Waals surface area contributed by atoms with Gasteiger partial charge in [-0.3, -0.25) is 9.35 Å². The number of nitrogen functional groups attached to an aromatic ring is 1. The van der Waals surface area contributed by atoms with Crippen LogP contribution in [0.4, 0.5) is 11.5 Å². The lowest BCUT2D eigenvalue weighted by molar-refractivity contribution is -0.134. The van der Waals surface area contributed by atoms with Crippen molar-refractivity contribution in [2.45, 2.75) is 13.0 Å². The molecule has 0 aromatic carbocycles. The fourth-order valence-electron chi connectivity index (χ4n) is 1.32. The van der Waals surface area contributed by atoms with E-state index in [0.717, 1.165) is 0 Å². The van der Waals surface area contributed by atoms with Gasteiger partial charge in [0.1, 0.15) is 12.4 Å². The maximum absolute atomic E-state index is 10.5. The van der Waals surface area contributed by atoms with E-state index in [0.29, 0.717) is 5.82 Å². The van der Waals surface area contributed by atoms with Crippen molar-refractivity contribution in [3.63, 3.8) is 0 Å². The van der Waals surface area contributed by atoms with E-state index in [4.69, 9.17) is 15.4 Å². The first-order chi connectivity index (χ1) is 8.29. The molecule has 0 radical (unpaired) electrons. The van der Waals surface area contributed by atoms with Crippen LogP contribution in [0.25, 0.3) is 0 Å². The number of rotatable bonds is 7. The molecule has 9 nitrogen and oxygen atoms in total. The van der Waals surface area contributed by atoms with E-state index in [-0.39, 0.29) is 25.2 Å². The zero-order valence-corrected chi connectivity index (χ0v) is 10.2. The molecule has 5 N–H and O–H groups in total. The van der Waals surface area contributed by atoms with E-state index in [1.165, 1.54) is 10.9 Å². The number of nitrogens with two attached hydrogens (primary N) is 1. The Morgan fingerprint density at radius 1 is 1.56 bits per heavy atom. The molecule has 1 heterocycles. The lowest BCUT2D eigenvalue weighted by Crippen LogP contribution is -2.17. The van der Waals surface area contributed by atoms with Crippen LogP contribution in [-0.4, -0.2) is 46.1 Å². The van der Waals surface area contributed by atoms with Crippen molar-refractivity contribution in [1.29, 1.82) is 0 Å². The predicted octanol–water partition coefficient (Wildman–Crippen LogP) is -0.760. The minimum absolute atomic E-state index is 0.141. The first kappa shape index (κ1) is 14.3. The Balaban J connectivity index is 2.63. The van der Waals surface area contributed by atoms with Gasteiger partial charge >= 0.3 is 5.97 Å². The van der Waals surface area contributed by atoms with E-state index in [1.807, 2.05) is 0 Å². The molecule has 0 atom stereocenters. The third kappa shape index (κ3) is 4.59. The molecule has 0 amide bonds. The monoisotopic (exact) mass is 278 g/mol. The first-order valence-corrected chi connectivity index (χ1v) is 6.62. The second-order valence-electron chi connectivity index (χ2n) is 3.56. The number of anilines is 2. The Morgan fingerprint density at radius 3 is 2.78 bits per heavy atom. The van der Waals surface area contributed by atoms with Crippen molar-refractivity contribution in [2.24, 2.45) is 0 Å². The minimum atomic E-state index is -4.01. The summed E-state index contributed by atoms with van der Waals surface area (Å²) in [6, 6.07) is 0. The molecular formula is C8H14N4O5S. The third-order valence-corrected chi connectivity index (χ3v) is 2.85. The van der Waals surface area contributed by atoms with Gasteiger partial charge in [-0.25, -0.2) is 4.68 Å². The maximum atomic E-state index is 10.5. The van der Waals surface area contributed by atoms with Crippen molar-refractivity contribution >= 4 is 27.6 Å². The standard InChI is InChI=1S/C8H14N4O5S/c9-6-4-11-12(2-1-3-18(15,16)17)8(6)10-5-7(13)14/h4,10H,1-3,5,9H2,(H,13,14)(H,15,16,17). The summed E-state index contributed by atoms with van der Waals surface area (Å²) in [6.45, 7) is -0.132. The molecule has 1 rings (SSSR count). The summed E-state index contributed by atoms with van der Waals surface area (Å²) in [5.74, 6) is -1.14. The molecule has 0 aliphatic heterocycles. The number of hydrogen-bond donors (Lipinski definition) is 4. The molecule has 0 bridgehead atoms. The quantitative estimate of drug-likeness (QED) is 0.476. The molecule has 0 saturated carbocycles. The molecule has 18 heavy (non-hydrogen) atoms. The Bertz CT molecular complexity index is 524. The zero-order valence-electron chi connectivity index (χ0n) is 9.40. The van der Waals surface area contributed by atoms with Gasteiger partial charge in [0.25, 0.3) is 10.1 Å². The average Bonchev–Trinajstić information content (AvgIpc) is 2.55. The summed E-state index contributed by atoms with van der Waals surface area (Å²) in [5, 5.41) is 15.0. The molecule has 0 spiro atoms. The number of aromatic nitrogens is 2. The van der Waals surface area contributed by atoms with E-state index in [1.54, 1.807) is 0 Å². The number of aryl methyl sites for hydroxylation is 1. The number of nitrogens with one attached hydrogen (secondary N) is 1. The third-order valence-electron chi connectivity index (χ3n) is 2.05. The van der Waals surface area contributed by atoms with Crippen LogP contribution in [-0.2, 0) is 21.5 Å². The summed E-state index contributed by atoms with van der Waals surface area (Å²) in [7, 11) is -4.01. The highest BCUT2D eigenvalue weighted by Crippen LogP contribution is 2.17. The summed E-state index contributed by atoms with van der Waals surface area (Å²) < 4.78 is 31.0. The second-order valence-corrected chi connectivity index (χ2v) is 5.13. The van der Waals surface area contributed by atoms with Gasteiger partial charge in [-0.15, -0.1) is 0 Å². The normalized spacial score (nSPS) is 11.4. The van der Waals surface area contributed by atoms with Gasteiger partial charge in [-0.1, -0.05) is 0 Å². The number of carboxylic acids is 1. The van der Waals surface area contributed by atoms with Gasteiger partial charge in [-0.05, 0) is 6.42 Å². The van der Waals surface area contributed by atoms with Crippen molar-refractivity contribution in [3.8, 4) is 0 Å². The van der Waals surface area contributed by atoms with Crippen molar-refractivity contribution < 1.29 is 22.9 Å². The summed E-state index contributed by atoms with van der Waals surface area (Å²) in [4.78, 5) is 10.4. The fourth-order valence-corrected chi connectivity index (χ4v) is 1.81. The SMILES string of the molecule is Nc1cnn(CCCS(=O)(=O)O)c1NCC(=O)O. The number of nitrogens with zero attached hydrogens (tertiary/aromatic N) is 2.